The van der Waals surface area contributed by atoms with E-state index >= 15 is 0 Å². The maximum absolute atomic E-state index is 5.24. The van der Waals surface area contributed by atoms with Crippen molar-refractivity contribution < 1.29 is 4.74 Å². The highest BCUT2D eigenvalue weighted by Gasteiger charge is 2.28. The maximum Gasteiger partial charge on any atom is 0.242 e. The van der Waals surface area contributed by atoms with Crippen LogP contribution in [0, 0.1) is 5.92 Å². The third kappa shape index (κ3) is 1.66. The molecule has 1 aromatic heterocycles. The summed E-state index contributed by atoms with van der Waals surface area (Å²) >= 11 is 0. The van der Waals surface area contributed by atoms with Gasteiger partial charge in [0.25, 0.3) is 0 Å². The second-order valence-corrected chi connectivity index (χ2v) is 4.40. The van der Waals surface area contributed by atoms with Gasteiger partial charge < -0.3 is 15.0 Å². The van der Waals surface area contributed by atoms with Gasteiger partial charge in [0.05, 0.1) is 7.11 Å². The van der Waals surface area contributed by atoms with Crippen molar-refractivity contribution >= 4 is 11.5 Å². The van der Waals surface area contributed by atoms with Gasteiger partial charge >= 0.3 is 0 Å². The predicted molar refractivity (Wildman–Crippen MR) is 62.0 cm³/mol. The third-order valence-electron chi connectivity index (χ3n) is 3.14. The Morgan fingerprint density at radius 3 is 3.12 bits per heavy atom. The van der Waals surface area contributed by atoms with Gasteiger partial charge in [0, 0.05) is 19.6 Å². The molecule has 5 nitrogen and oxygen atoms in total. The first-order valence-corrected chi connectivity index (χ1v) is 5.76. The van der Waals surface area contributed by atoms with Crippen LogP contribution in [0.2, 0.25) is 0 Å². The highest BCUT2D eigenvalue weighted by atomic mass is 16.5. The number of nitrogens with zero attached hydrogens (tertiary/aromatic N) is 3. The average Bonchev–Trinajstić information content (AvgIpc) is 3.13. The van der Waals surface area contributed by atoms with Crippen molar-refractivity contribution in [1.82, 2.24) is 9.97 Å². The van der Waals surface area contributed by atoms with Crippen LogP contribution in [-0.4, -0.2) is 36.7 Å². The first-order chi connectivity index (χ1) is 7.88. The smallest absolute Gasteiger partial charge is 0.242 e. The van der Waals surface area contributed by atoms with Crippen molar-refractivity contribution in [3.8, 4) is 5.88 Å². The van der Waals surface area contributed by atoms with Crippen molar-refractivity contribution in [3.05, 3.63) is 6.33 Å². The molecular formula is C11H16N4O. The molecule has 86 valence electrons. The fraction of sp³-hybridized carbons (Fsp3) is 0.636. The third-order valence-corrected chi connectivity index (χ3v) is 3.14. The summed E-state index contributed by atoms with van der Waals surface area (Å²) in [5, 5.41) is 3.31. The van der Waals surface area contributed by atoms with Crippen molar-refractivity contribution in [1.29, 1.82) is 0 Å². The minimum absolute atomic E-state index is 0.644. The van der Waals surface area contributed by atoms with Gasteiger partial charge in [0.15, 0.2) is 5.82 Å². The number of anilines is 2. The van der Waals surface area contributed by atoms with Crippen molar-refractivity contribution in [3.63, 3.8) is 0 Å². The van der Waals surface area contributed by atoms with Crippen LogP contribution in [0.1, 0.15) is 12.8 Å². The zero-order valence-corrected chi connectivity index (χ0v) is 9.44. The molecule has 0 saturated heterocycles. The van der Waals surface area contributed by atoms with Gasteiger partial charge in [-0.05, 0) is 18.8 Å². The summed E-state index contributed by atoms with van der Waals surface area (Å²) < 4.78 is 5.24. The summed E-state index contributed by atoms with van der Waals surface area (Å²) in [4.78, 5) is 10.8. The van der Waals surface area contributed by atoms with E-state index < -0.39 is 0 Å². The van der Waals surface area contributed by atoms with Crippen molar-refractivity contribution in [2.75, 3.05) is 37.0 Å². The van der Waals surface area contributed by atoms with Gasteiger partial charge in [-0.3, -0.25) is 0 Å². The van der Waals surface area contributed by atoms with Crippen LogP contribution < -0.4 is 15.0 Å². The van der Waals surface area contributed by atoms with E-state index in [2.05, 4.69) is 20.2 Å². The van der Waals surface area contributed by atoms with Crippen LogP contribution in [0.3, 0.4) is 0 Å². The molecule has 5 heteroatoms. The van der Waals surface area contributed by atoms with Crippen LogP contribution in [0.25, 0.3) is 0 Å². The number of hydrogen-bond acceptors (Lipinski definition) is 5. The van der Waals surface area contributed by atoms with Crippen molar-refractivity contribution in [2.24, 2.45) is 5.92 Å². The van der Waals surface area contributed by atoms with Gasteiger partial charge in [0.1, 0.15) is 12.0 Å². The lowest BCUT2D eigenvalue weighted by Gasteiger charge is -2.31. The quantitative estimate of drug-likeness (QED) is 0.827. The first-order valence-electron chi connectivity index (χ1n) is 5.76. The topological polar surface area (TPSA) is 50.3 Å². The van der Waals surface area contributed by atoms with Gasteiger partial charge in [-0.25, -0.2) is 4.98 Å². The Morgan fingerprint density at radius 1 is 1.50 bits per heavy atom. The molecule has 16 heavy (non-hydrogen) atoms. The SMILES string of the molecule is COc1ncnc2c1NCCN2CC1CC1. The summed E-state index contributed by atoms with van der Waals surface area (Å²) in [6, 6.07) is 0. The monoisotopic (exact) mass is 220 g/mol. The number of nitrogens with one attached hydrogen (secondary N) is 1. The second-order valence-electron chi connectivity index (χ2n) is 4.40. The molecule has 0 atom stereocenters. The summed E-state index contributed by atoms with van der Waals surface area (Å²) in [5.41, 5.74) is 0.942. The molecule has 2 aliphatic rings. The fourth-order valence-corrected chi connectivity index (χ4v) is 2.12. The molecule has 3 rings (SSSR count). The predicted octanol–water partition coefficient (Wildman–Crippen LogP) is 1.13. The second kappa shape index (κ2) is 3.81. The normalized spacial score (nSPS) is 18.9. The Bertz CT molecular complexity index is 392. The maximum atomic E-state index is 5.24. The molecule has 1 saturated carbocycles. The highest BCUT2D eigenvalue weighted by molar-refractivity contribution is 5.72. The largest absolute Gasteiger partial charge is 0.479 e. The minimum atomic E-state index is 0.644. The summed E-state index contributed by atoms with van der Waals surface area (Å²) in [6.45, 7) is 3.07. The Balaban J connectivity index is 1.91. The standard InChI is InChI=1S/C11H16N4O/c1-16-11-9-10(13-7-14-11)15(5-4-12-9)6-8-2-3-8/h7-8,12H,2-6H2,1H3. The number of rotatable bonds is 3. The first kappa shape index (κ1) is 9.69. The molecule has 0 amide bonds. The number of aromatic nitrogens is 2. The Morgan fingerprint density at radius 2 is 2.38 bits per heavy atom. The van der Waals surface area contributed by atoms with Crippen LogP contribution in [0.4, 0.5) is 11.5 Å². The molecule has 0 aromatic carbocycles. The molecule has 1 aliphatic carbocycles. The molecule has 0 unspecified atom stereocenters. The van der Waals surface area contributed by atoms with E-state index in [-0.39, 0.29) is 0 Å². The number of fused-ring (bicyclic) bond motifs is 1. The van der Waals surface area contributed by atoms with Gasteiger partial charge in [0.2, 0.25) is 5.88 Å². The summed E-state index contributed by atoms with van der Waals surface area (Å²) in [6.07, 6.45) is 4.30. The zero-order chi connectivity index (χ0) is 11.0. The van der Waals surface area contributed by atoms with E-state index in [1.165, 1.54) is 12.8 Å². The van der Waals surface area contributed by atoms with Gasteiger partial charge in [-0.15, -0.1) is 0 Å². The molecule has 1 fully saturated rings. The van der Waals surface area contributed by atoms with E-state index in [0.717, 1.165) is 37.1 Å². The van der Waals surface area contributed by atoms with E-state index in [4.69, 9.17) is 4.74 Å². The molecule has 0 bridgehead atoms. The lowest BCUT2D eigenvalue weighted by Crippen LogP contribution is -2.36. The molecule has 1 N–H and O–H groups in total. The molecule has 2 heterocycles. The summed E-state index contributed by atoms with van der Waals surface area (Å²) in [7, 11) is 1.64. The Kier molecular flexibility index (Phi) is 2.31. The lowest BCUT2D eigenvalue weighted by molar-refractivity contribution is 0.398. The number of ether oxygens (including phenoxy) is 1. The van der Waals surface area contributed by atoms with E-state index in [0.29, 0.717) is 5.88 Å². The van der Waals surface area contributed by atoms with Gasteiger partial charge in [-0.1, -0.05) is 0 Å². The van der Waals surface area contributed by atoms with Crippen LogP contribution in [0.15, 0.2) is 6.33 Å². The van der Waals surface area contributed by atoms with E-state index in [9.17, 15) is 0 Å². The van der Waals surface area contributed by atoms with Crippen LogP contribution >= 0.6 is 0 Å². The number of hydrogen-bond donors (Lipinski definition) is 1. The molecule has 1 aliphatic heterocycles. The fourth-order valence-electron chi connectivity index (χ4n) is 2.12. The van der Waals surface area contributed by atoms with E-state index in [1.54, 1.807) is 13.4 Å². The summed E-state index contributed by atoms with van der Waals surface area (Å²) in [5.74, 6) is 2.50. The van der Waals surface area contributed by atoms with E-state index in [1.807, 2.05) is 0 Å². The minimum Gasteiger partial charge on any atom is -0.479 e. The average molecular weight is 220 g/mol. The molecule has 0 radical (unpaired) electrons. The van der Waals surface area contributed by atoms with Crippen LogP contribution in [0.5, 0.6) is 5.88 Å². The molecule has 0 spiro atoms. The molecular weight excluding hydrogens is 204 g/mol. The van der Waals surface area contributed by atoms with Crippen molar-refractivity contribution in [2.45, 2.75) is 12.8 Å². The Hall–Kier alpha value is -1.52. The Labute approximate surface area is 94.8 Å². The van der Waals surface area contributed by atoms with Crippen LogP contribution in [-0.2, 0) is 0 Å². The molecule has 1 aromatic rings. The zero-order valence-electron chi connectivity index (χ0n) is 9.44. The lowest BCUT2D eigenvalue weighted by atomic mass is 10.2. The highest BCUT2D eigenvalue weighted by Crippen LogP contribution is 2.37. The number of methoxy groups -OCH3 is 1. The van der Waals surface area contributed by atoms with Gasteiger partial charge in [-0.2, -0.15) is 4.98 Å².